The molecule has 0 amide bonds. The summed E-state index contributed by atoms with van der Waals surface area (Å²) in [6.45, 7) is 0. The minimum absolute atomic E-state index is 0. The number of carbonyl (C=O) groups excluding carboxylic acids is 1. The molecule has 0 aliphatic carbocycles. The summed E-state index contributed by atoms with van der Waals surface area (Å²) < 4.78 is 0. The summed E-state index contributed by atoms with van der Waals surface area (Å²) in [5.41, 5.74) is 0. The molecule has 7 heavy (non-hydrogen) atoms. The van der Waals surface area contributed by atoms with Crippen LogP contribution in [0.1, 0.15) is 0 Å². The van der Waals surface area contributed by atoms with E-state index in [1.165, 1.54) is 0 Å². The Morgan fingerprint density at radius 3 is 1.29 bits per heavy atom. The van der Waals surface area contributed by atoms with Crippen LogP contribution in [0.25, 0.3) is 0 Å². The van der Waals surface area contributed by atoms with Gasteiger partial charge in [0.15, 0.2) is 0 Å². The predicted molar refractivity (Wildman–Crippen MR) is 7.33 cm³/mol. The molecule has 0 heterocycles. The van der Waals surface area contributed by atoms with Gasteiger partial charge in [-0.05, 0) is 6.16 Å². The van der Waals surface area contributed by atoms with Crippen molar-refractivity contribution in [1.82, 2.24) is 0 Å². The third-order valence-corrected chi connectivity index (χ3v) is 0. The summed E-state index contributed by atoms with van der Waals surface area (Å²) in [5, 5.41) is 16.7. The van der Waals surface area contributed by atoms with Crippen LogP contribution in [-0.4, -0.2) is 11.6 Å². The molecule has 0 aliphatic rings. The standard InChI is InChI=1S/CH2O3.Na.H2O.Zn/c2-1(3)4;;;/h(H2,2,3,4);;1H2;/q;+1;;+2/p-3. The Kier molecular flexibility index (Phi) is 56.1. The second kappa shape index (κ2) is 15.8. The average Bonchev–Trinajstić information content (AvgIpc) is 0.811. The minimum Gasteiger partial charge on any atom is -0.870 e. The SMILES string of the molecule is O=C([O-])[O-].[Na+].[OH-].[Zn+2]. The summed E-state index contributed by atoms with van der Waals surface area (Å²) >= 11 is 0. The van der Waals surface area contributed by atoms with E-state index in [-0.39, 0.29) is 54.5 Å². The van der Waals surface area contributed by atoms with E-state index >= 15 is 0 Å². The van der Waals surface area contributed by atoms with Crippen LogP contribution in [0.4, 0.5) is 4.79 Å². The minimum atomic E-state index is -2.33. The molecule has 0 saturated heterocycles. The van der Waals surface area contributed by atoms with Gasteiger partial charge in [-0.15, -0.1) is 0 Å². The molecule has 4 nitrogen and oxygen atoms in total. The third kappa shape index (κ3) is 222. The Morgan fingerprint density at radius 1 is 1.29 bits per heavy atom. The summed E-state index contributed by atoms with van der Waals surface area (Å²) in [4.78, 5) is 8.33. The Balaban J connectivity index is -0.0000000150. The fourth-order valence-electron chi connectivity index (χ4n) is 0. The van der Waals surface area contributed by atoms with Crippen molar-refractivity contribution >= 4 is 6.16 Å². The molecule has 0 aromatic heterocycles. The molecule has 32 valence electrons. The van der Waals surface area contributed by atoms with Gasteiger partial charge in [-0.2, -0.15) is 0 Å². The van der Waals surface area contributed by atoms with Crippen LogP contribution < -0.4 is 39.8 Å². The van der Waals surface area contributed by atoms with Crippen LogP contribution in [0.15, 0.2) is 0 Å². The molecule has 0 saturated carbocycles. The van der Waals surface area contributed by atoms with Crippen LogP contribution in [0.5, 0.6) is 0 Å². The third-order valence-electron chi connectivity index (χ3n) is 0. The van der Waals surface area contributed by atoms with Crippen molar-refractivity contribution in [2.75, 3.05) is 0 Å². The van der Waals surface area contributed by atoms with Crippen molar-refractivity contribution in [3.63, 3.8) is 0 Å². The van der Waals surface area contributed by atoms with E-state index in [1.54, 1.807) is 0 Å². The molecule has 0 unspecified atom stereocenters. The van der Waals surface area contributed by atoms with E-state index in [4.69, 9.17) is 15.0 Å². The monoisotopic (exact) mass is 164 g/mol. The van der Waals surface area contributed by atoms with Crippen molar-refractivity contribution in [3.8, 4) is 0 Å². The molecule has 0 rings (SSSR count). The normalized spacial score (nSPS) is 3.43. The predicted octanol–water partition coefficient (Wildman–Crippen LogP) is -5.62. The smallest absolute Gasteiger partial charge is 0.870 e. The summed E-state index contributed by atoms with van der Waals surface area (Å²) in [6, 6.07) is 0. The van der Waals surface area contributed by atoms with Gasteiger partial charge in [0.1, 0.15) is 0 Å². The molecule has 0 bridgehead atoms. The Bertz CT molecular complexity index is 34.7. The van der Waals surface area contributed by atoms with E-state index in [9.17, 15) is 0 Å². The van der Waals surface area contributed by atoms with E-state index in [0.717, 1.165) is 0 Å². The van der Waals surface area contributed by atoms with E-state index in [1.807, 2.05) is 0 Å². The van der Waals surface area contributed by atoms with Crippen molar-refractivity contribution in [1.29, 1.82) is 0 Å². The molecule has 0 aromatic rings. The van der Waals surface area contributed by atoms with Gasteiger partial charge < -0.3 is 20.5 Å². The van der Waals surface area contributed by atoms with E-state index in [2.05, 4.69) is 0 Å². The van der Waals surface area contributed by atoms with Crippen molar-refractivity contribution in [2.45, 2.75) is 0 Å². The zero-order valence-corrected chi connectivity index (χ0v) is 8.85. The maximum absolute atomic E-state index is 8.33. The molecule has 6 heteroatoms. The first-order chi connectivity index (χ1) is 1.73. The van der Waals surface area contributed by atoms with Crippen LogP contribution in [-0.2, 0) is 19.5 Å². The van der Waals surface area contributed by atoms with Crippen molar-refractivity contribution in [2.24, 2.45) is 0 Å². The zero-order valence-electron chi connectivity index (χ0n) is 3.88. The second-order valence-corrected chi connectivity index (χ2v) is 0.250. The van der Waals surface area contributed by atoms with E-state index < -0.39 is 6.16 Å². The molecule has 0 radical (unpaired) electrons. The van der Waals surface area contributed by atoms with Gasteiger partial charge in [0, 0.05) is 0 Å². The van der Waals surface area contributed by atoms with Crippen LogP contribution >= 0.6 is 0 Å². The molecule has 0 fully saturated rings. The first-order valence-electron chi connectivity index (χ1n) is 0.612. The Morgan fingerprint density at radius 2 is 1.29 bits per heavy atom. The zero-order chi connectivity index (χ0) is 3.58. The molecule has 0 aromatic carbocycles. The van der Waals surface area contributed by atoms with Gasteiger partial charge in [0.05, 0.1) is 0 Å². The fraction of sp³-hybridized carbons (Fsp3) is 0. The van der Waals surface area contributed by atoms with Gasteiger partial charge in [-0.25, -0.2) is 0 Å². The maximum atomic E-state index is 8.33. The van der Waals surface area contributed by atoms with Gasteiger partial charge in [-0.1, -0.05) is 0 Å². The summed E-state index contributed by atoms with van der Waals surface area (Å²) in [5.74, 6) is 0. The first-order valence-corrected chi connectivity index (χ1v) is 0.612. The molecular weight excluding hydrogens is 164 g/mol. The first kappa shape index (κ1) is 24.8. The Hall–Kier alpha value is 0.853. The Labute approximate surface area is 75.3 Å². The number of hydrogen-bond acceptors (Lipinski definition) is 4. The van der Waals surface area contributed by atoms with Gasteiger partial charge in [0.25, 0.3) is 0 Å². The topological polar surface area (TPSA) is 93.2 Å². The van der Waals surface area contributed by atoms with E-state index in [0.29, 0.717) is 0 Å². The molecule has 0 aliphatic heterocycles. The van der Waals surface area contributed by atoms with Crippen LogP contribution in [0.2, 0.25) is 0 Å². The number of carbonyl (C=O) groups is 1. The van der Waals surface area contributed by atoms with Crippen molar-refractivity contribution in [3.05, 3.63) is 0 Å². The van der Waals surface area contributed by atoms with Crippen LogP contribution in [0, 0.1) is 0 Å². The maximum Gasteiger partial charge on any atom is 2.00 e. The van der Waals surface area contributed by atoms with Gasteiger partial charge in [0.2, 0.25) is 0 Å². The number of hydrogen-bond donors (Lipinski definition) is 0. The molecule has 0 atom stereocenters. The van der Waals surface area contributed by atoms with Crippen molar-refractivity contribution < 1.29 is 69.5 Å². The largest absolute Gasteiger partial charge is 2.00 e. The second-order valence-electron chi connectivity index (χ2n) is 0.250. The number of rotatable bonds is 0. The molecular formula is CHNaO4Zn. The molecule has 0 spiro atoms. The van der Waals surface area contributed by atoms with Gasteiger partial charge >= 0.3 is 49.0 Å². The quantitative estimate of drug-likeness (QED) is 0.335. The fourth-order valence-corrected chi connectivity index (χ4v) is 0. The number of carboxylic acid groups (broad SMARTS) is 2. The van der Waals surface area contributed by atoms with Gasteiger partial charge in [-0.3, -0.25) is 0 Å². The summed E-state index contributed by atoms with van der Waals surface area (Å²) in [6.07, 6.45) is -2.33. The average molecular weight is 165 g/mol. The molecule has 1 N–H and O–H groups in total. The van der Waals surface area contributed by atoms with Crippen LogP contribution in [0.3, 0.4) is 0 Å². The summed E-state index contributed by atoms with van der Waals surface area (Å²) in [7, 11) is 0.